The van der Waals surface area contributed by atoms with E-state index in [-0.39, 0.29) is 40.5 Å². The van der Waals surface area contributed by atoms with Gasteiger partial charge in [0.25, 0.3) is 5.56 Å². The molecule has 214 valence electrons. The number of alkyl halides is 1. The molecule has 0 aliphatic carbocycles. The van der Waals surface area contributed by atoms with Crippen molar-refractivity contribution in [1.29, 1.82) is 0 Å². The largest absolute Gasteiger partial charge is 0.394 e. The van der Waals surface area contributed by atoms with E-state index in [0.29, 0.717) is 0 Å². The van der Waals surface area contributed by atoms with Crippen molar-refractivity contribution in [2.45, 2.75) is 49.0 Å². The minimum Gasteiger partial charge on any atom is -0.394 e. The fourth-order valence-corrected chi connectivity index (χ4v) is 6.98. The number of fused-ring (bicyclic) bond motifs is 2. The Labute approximate surface area is 226 Å². The maximum Gasteiger partial charge on any atom is 0.282 e. The van der Waals surface area contributed by atoms with Crippen molar-refractivity contribution in [1.82, 2.24) is 49.9 Å². The summed E-state index contributed by atoms with van der Waals surface area (Å²) in [7, 11) is 0. The van der Waals surface area contributed by atoms with Gasteiger partial charge >= 0.3 is 0 Å². The lowest BCUT2D eigenvalue weighted by Gasteiger charge is -2.27. The first kappa shape index (κ1) is 26.9. The number of nitrogen functional groups attached to an aromatic ring is 2. The SMILES string of the molecule is Nc1nc2c(nnn2[C@@H]2O[C@H](CO)C[C@H]2P(O)(=S)OC[C@H]2O[C@@H](n3nnc4c(N)ncnc43)[C@@H](F)[C@@H]2O)c(=O)[nH]1. The van der Waals surface area contributed by atoms with Crippen molar-refractivity contribution in [3.63, 3.8) is 0 Å². The highest BCUT2D eigenvalue weighted by Crippen LogP contribution is 2.57. The lowest BCUT2D eigenvalue weighted by molar-refractivity contribution is -0.0479. The molecule has 0 bridgehead atoms. The summed E-state index contributed by atoms with van der Waals surface area (Å²) in [6, 6.07) is 0. The molecular weight excluding hydrogens is 578 g/mol. The molecule has 6 rings (SSSR count). The second-order valence-corrected chi connectivity index (χ2v) is 12.7. The number of halogens is 1. The second-order valence-electron chi connectivity index (χ2n) is 9.12. The molecule has 0 radical (unpaired) electrons. The van der Waals surface area contributed by atoms with E-state index in [0.717, 1.165) is 15.7 Å². The maximum absolute atomic E-state index is 15.1. The third kappa shape index (κ3) is 4.39. The monoisotopic (exact) mass is 600 g/mol. The van der Waals surface area contributed by atoms with Crippen molar-refractivity contribution in [2.75, 3.05) is 24.7 Å². The number of hydrogen-bond acceptors (Lipinski definition) is 16. The molecule has 2 aliphatic rings. The molecule has 0 amide bonds. The zero-order valence-corrected chi connectivity index (χ0v) is 21.8. The second kappa shape index (κ2) is 9.96. The van der Waals surface area contributed by atoms with Crippen LogP contribution in [0.2, 0.25) is 0 Å². The van der Waals surface area contributed by atoms with Gasteiger partial charge in [0, 0.05) is 0 Å². The predicted octanol–water partition coefficient (Wildman–Crippen LogP) is -2.52. The van der Waals surface area contributed by atoms with Gasteiger partial charge in [-0.25, -0.2) is 14.4 Å². The Morgan fingerprint density at radius 3 is 2.65 bits per heavy atom. The number of aliphatic hydroxyl groups is 2. The van der Waals surface area contributed by atoms with Crippen molar-refractivity contribution < 1.29 is 33.5 Å². The summed E-state index contributed by atoms with van der Waals surface area (Å²) in [6.45, 7) is -4.76. The number of hydrogen-bond donors (Lipinski definition) is 6. The average Bonchev–Trinajstić information content (AvgIpc) is 3.69. The van der Waals surface area contributed by atoms with Gasteiger partial charge in [0.15, 0.2) is 53.3 Å². The third-order valence-corrected chi connectivity index (χ3v) is 9.58. The molecule has 1 unspecified atom stereocenters. The number of ether oxygens (including phenoxy) is 2. The standard InChI is InChI=1S/C18H22FN12O7PS/c19-8-11(33)6(38-17(8)30-13-9(26-28-30)12(20)22-4-23-13)3-36-39(35,40)7-1-5(2-32)37-16(7)31-14-10(27-29-31)15(34)25-18(21)24-14/h4-8,11,16-17,32-33H,1-3H2,(H,35,40)(H2,20,22,23)(H3,21,24,25,34)/t5-,6+,7+,8-,11+,16+,17+,39?/m0/s1. The van der Waals surface area contributed by atoms with Crippen molar-refractivity contribution in [3.05, 3.63) is 16.7 Å². The van der Waals surface area contributed by atoms with Crippen LogP contribution in [0.1, 0.15) is 18.9 Å². The number of nitrogens with one attached hydrogen (secondary N) is 1. The highest BCUT2D eigenvalue weighted by Gasteiger charge is 2.50. The Hall–Kier alpha value is -3.30. The minimum atomic E-state index is -3.84. The molecule has 0 spiro atoms. The number of H-pyrrole nitrogens is 1. The predicted molar refractivity (Wildman–Crippen MR) is 135 cm³/mol. The number of nitrogens with zero attached hydrogens (tertiary/aromatic N) is 9. The Kier molecular flexibility index (Phi) is 6.70. The number of aliphatic hydroxyl groups excluding tert-OH is 2. The lowest BCUT2D eigenvalue weighted by atomic mass is 10.1. The molecule has 8 atom stereocenters. The highest BCUT2D eigenvalue weighted by atomic mass is 32.5. The Balaban J connectivity index is 1.22. The first-order valence-corrected chi connectivity index (χ1v) is 14.5. The molecule has 40 heavy (non-hydrogen) atoms. The average molecular weight is 600 g/mol. The van der Waals surface area contributed by atoms with Crippen LogP contribution in [0.3, 0.4) is 0 Å². The van der Waals surface area contributed by atoms with Crippen molar-refractivity contribution in [3.8, 4) is 0 Å². The number of nitrogens with two attached hydrogens (primary N) is 2. The number of rotatable bonds is 7. The Bertz CT molecular complexity index is 1690. The van der Waals surface area contributed by atoms with E-state index < -0.39 is 67.9 Å². The van der Waals surface area contributed by atoms with E-state index in [1.165, 1.54) is 0 Å². The Morgan fingerprint density at radius 2 is 1.90 bits per heavy atom. The maximum atomic E-state index is 15.1. The fourth-order valence-electron chi connectivity index (χ4n) is 4.66. The summed E-state index contributed by atoms with van der Waals surface area (Å²) < 4.78 is 34.4. The molecule has 2 fully saturated rings. The first-order chi connectivity index (χ1) is 19.1. The van der Waals surface area contributed by atoms with Crippen LogP contribution in [0.15, 0.2) is 11.1 Å². The van der Waals surface area contributed by atoms with Gasteiger partial charge in [-0.3, -0.25) is 9.78 Å². The first-order valence-electron chi connectivity index (χ1n) is 11.7. The molecule has 8 N–H and O–H groups in total. The lowest BCUT2D eigenvalue weighted by Crippen LogP contribution is -2.32. The number of aromatic nitrogens is 10. The van der Waals surface area contributed by atoms with E-state index in [2.05, 4.69) is 40.6 Å². The fraction of sp³-hybridized carbons (Fsp3) is 0.556. The number of anilines is 2. The molecule has 6 heterocycles. The van der Waals surface area contributed by atoms with E-state index in [4.69, 9.17) is 37.3 Å². The number of aromatic amines is 1. The van der Waals surface area contributed by atoms with Crippen LogP contribution in [0.4, 0.5) is 16.2 Å². The van der Waals surface area contributed by atoms with E-state index >= 15 is 4.39 Å². The molecule has 0 aromatic carbocycles. The molecular formula is C18H22FN12O7PS. The van der Waals surface area contributed by atoms with Crippen LogP contribution in [0, 0.1) is 0 Å². The van der Waals surface area contributed by atoms with Crippen LogP contribution in [0.5, 0.6) is 0 Å². The quantitative estimate of drug-likeness (QED) is 0.119. The zero-order valence-electron chi connectivity index (χ0n) is 20.1. The van der Waals surface area contributed by atoms with E-state index in [9.17, 15) is 19.9 Å². The van der Waals surface area contributed by atoms with Gasteiger partial charge in [0.1, 0.15) is 18.5 Å². The van der Waals surface area contributed by atoms with Gasteiger partial charge in [0.05, 0.1) is 25.0 Å². The van der Waals surface area contributed by atoms with E-state index in [1.807, 2.05) is 0 Å². The minimum absolute atomic E-state index is 0.0308. The van der Waals surface area contributed by atoms with Crippen LogP contribution < -0.4 is 17.0 Å². The summed E-state index contributed by atoms with van der Waals surface area (Å²) in [4.78, 5) is 37.6. The molecule has 2 saturated heterocycles. The van der Waals surface area contributed by atoms with Crippen LogP contribution in [-0.2, 0) is 25.8 Å². The van der Waals surface area contributed by atoms with Crippen molar-refractivity contribution in [2.24, 2.45) is 0 Å². The summed E-state index contributed by atoms with van der Waals surface area (Å²) in [5.74, 6) is -0.172. The highest BCUT2D eigenvalue weighted by molar-refractivity contribution is 8.09. The van der Waals surface area contributed by atoms with Crippen LogP contribution in [-0.4, -0.2) is 108 Å². The summed E-state index contributed by atoms with van der Waals surface area (Å²) in [5, 5.41) is 35.6. The van der Waals surface area contributed by atoms with Gasteiger partial charge in [0.2, 0.25) is 5.95 Å². The van der Waals surface area contributed by atoms with Crippen LogP contribution in [0.25, 0.3) is 22.3 Å². The van der Waals surface area contributed by atoms with E-state index in [1.54, 1.807) is 0 Å². The molecule has 4 aromatic rings. The smallest absolute Gasteiger partial charge is 0.282 e. The topological polar surface area (TPSA) is 273 Å². The summed E-state index contributed by atoms with van der Waals surface area (Å²) in [5.41, 5.74) is 9.85. The van der Waals surface area contributed by atoms with Gasteiger partial charge in [-0.2, -0.15) is 14.3 Å². The third-order valence-electron chi connectivity index (χ3n) is 6.63. The molecule has 22 heteroatoms. The summed E-state index contributed by atoms with van der Waals surface area (Å²) in [6.07, 6.45) is -7.07. The van der Waals surface area contributed by atoms with Crippen LogP contribution >= 0.6 is 6.49 Å². The van der Waals surface area contributed by atoms with Crippen molar-refractivity contribution >= 4 is 52.4 Å². The van der Waals surface area contributed by atoms with Gasteiger partial charge in [-0.15, -0.1) is 10.2 Å². The van der Waals surface area contributed by atoms with Gasteiger partial charge in [-0.05, 0) is 18.2 Å². The normalized spacial score (nSPS) is 30.4. The molecule has 19 nitrogen and oxygen atoms in total. The molecule has 2 aliphatic heterocycles. The Morgan fingerprint density at radius 1 is 1.18 bits per heavy atom. The molecule has 0 saturated carbocycles. The molecule has 4 aromatic heterocycles. The van der Waals surface area contributed by atoms with Gasteiger partial charge in [-0.1, -0.05) is 10.4 Å². The summed E-state index contributed by atoms with van der Waals surface area (Å²) >= 11 is 5.44. The zero-order chi connectivity index (χ0) is 28.3. The van der Waals surface area contributed by atoms with Gasteiger partial charge < -0.3 is 40.6 Å².